The van der Waals surface area contributed by atoms with Gasteiger partial charge in [0, 0.05) is 19.7 Å². The number of amides is 1. The van der Waals surface area contributed by atoms with Gasteiger partial charge in [0.05, 0.1) is 5.75 Å². The van der Waals surface area contributed by atoms with E-state index in [9.17, 15) is 4.79 Å². The van der Waals surface area contributed by atoms with Crippen molar-refractivity contribution in [3.63, 3.8) is 0 Å². The van der Waals surface area contributed by atoms with E-state index < -0.39 is 0 Å². The minimum absolute atomic E-state index is 0.0772. The molecule has 4 heteroatoms. The third-order valence-electron chi connectivity index (χ3n) is 2.49. The van der Waals surface area contributed by atoms with E-state index in [1.165, 1.54) is 0 Å². The summed E-state index contributed by atoms with van der Waals surface area (Å²) < 4.78 is 0. The maximum absolute atomic E-state index is 11.3. The van der Waals surface area contributed by atoms with E-state index in [0.29, 0.717) is 12.5 Å². The second kappa shape index (κ2) is 4.86. The van der Waals surface area contributed by atoms with E-state index in [0.717, 1.165) is 13.0 Å². The monoisotopic (exact) mass is 203 g/mol. The molecule has 0 radical (unpaired) electrons. The molecule has 1 aliphatic heterocycles. The molecule has 76 valence electrons. The van der Waals surface area contributed by atoms with Crippen LogP contribution in [0, 0.1) is 11.8 Å². The van der Waals surface area contributed by atoms with Crippen LogP contribution in [0.5, 0.6) is 0 Å². The van der Waals surface area contributed by atoms with E-state index in [-0.39, 0.29) is 24.2 Å². The zero-order valence-electron chi connectivity index (χ0n) is 7.94. The highest BCUT2D eigenvalue weighted by Crippen LogP contribution is 2.21. The van der Waals surface area contributed by atoms with E-state index in [4.69, 9.17) is 5.11 Å². The topological polar surface area (TPSA) is 40.5 Å². The molecule has 2 unspecified atom stereocenters. The Balaban J connectivity index is 2.51. The molecule has 0 saturated carbocycles. The standard InChI is InChI=1S/C9H17NO2S/c1-7-2-8(5-11)4-10(3-7)9(12)6-13/h7-8,11,13H,2-6H2,1H3. The number of aliphatic hydroxyl groups is 1. The summed E-state index contributed by atoms with van der Waals surface area (Å²) in [7, 11) is 0. The van der Waals surface area contributed by atoms with Crippen molar-refractivity contribution in [3.8, 4) is 0 Å². The van der Waals surface area contributed by atoms with Crippen LogP contribution in [0.15, 0.2) is 0 Å². The van der Waals surface area contributed by atoms with Gasteiger partial charge in [-0.15, -0.1) is 0 Å². The quantitative estimate of drug-likeness (QED) is 0.638. The normalized spacial score (nSPS) is 29.0. The molecule has 3 nitrogen and oxygen atoms in total. The van der Waals surface area contributed by atoms with Crippen LogP contribution in [0.25, 0.3) is 0 Å². The number of hydrogen-bond donors (Lipinski definition) is 2. The van der Waals surface area contributed by atoms with Crippen molar-refractivity contribution in [2.75, 3.05) is 25.4 Å². The Kier molecular flexibility index (Phi) is 4.06. The SMILES string of the molecule is CC1CC(CO)CN(C(=O)CS)C1. The number of piperidine rings is 1. The van der Waals surface area contributed by atoms with Gasteiger partial charge in [0.1, 0.15) is 0 Å². The van der Waals surface area contributed by atoms with Crippen LogP contribution < -0.4 is 0 Å². The average molecular weight is 203 g/mol. The van der Waals surface area contributed by atoms with E-state index in [2.05, 4.69) is 19.6 Å². The van der Waals surface area contributed by atoms with Gasteiger partial charge in [-0.3, -0.25) is 4.79 Å². The summed E-state index contributed by atoms with van der Waals surface area (Å²) in [6.07, 6.45) is 1.02. The minimum atomic E-state index is 0.0772. The molecule has 1 rings (SSSR count). The van der Waals surface area contributed by atoms with Crippen molar-refractivity contribution >= 4 is 18.5 Å². The molecule has 1 saturated heterocycles. The lowest BCUT2D eigenvalue weighted by atomic mass is 9.91. The lowest BCUT2D eigenvalue weighted by Gasteiger charge is -2.35. The second-order valence-corrected chi connectivity index (χ2v) is 4.16. The summed E-state index contributed by atoms with van der Waals surface area (Å²) in [5.74, 6) is 1.10. The predicted octanol–water partition coefficient (Wildman–Crippen LogP) is 0.393. The molecule has 0 aromatic heterocycles. The van der Waals surface area contributed by atoms with Crippen molar-refractivity contribution in [1.82, 2.24) is 4.90 Å². The summed E-state index contributed by atoms with van der Waals surface area (Å²) in [4.78, 5) is 13.1. The third-order valence-corrected chi connectivity index (χ3v) is 2.76. The number of rotatable bonds is 2. The summed E-state index contributed by atoms with van der Waals surface area (Å²) in [6, 6.07) is 0. The van der Waals surface area contributed by atoms with Crippen molar-refractivity contribution in [2.45, 2.75) is 13.3 Å². The molecule has 2 atom stereocenters. The van der Waals surface area contributed by atoms with Crippen LogP contribution in [0.1, 0.15) is 13.3 Å². The highest BCUT2D eigenvalue weighted by molar-refractivity contribution is 7.81. The van der Waals surface area contributed by atoms with Gasteiger partial charge in [-0.2, -0.15) is 12.6 Å². The molecule has 1 amide bonds. The summed E-state index contributed by atoms with van der Waals surface area (Å²) in [6.45, 7) is 3.80. The van der Waals surface area contributed by atoms with Crippen LogP contribution >= 0.6 is 12.6 Å². The first-order valence-electron chi connectivity index (χ1n) is 4.66. The van der Waals surface area contributed by atoms with Gasteiger partial charge in [-0.05, 0) is 18.3 Å². The first-order valence-corrected chi connectivity index (χ1v) is 5.30. The first kappa shape index (κ1) is 10.9. The van der Waals surface area contributed by atoms with Gasteiger partial charge in [0.2, 0.25) is 5.91 Å². The van der Waals surface area contributed by atoms with E-state index in [1.807, 2.05) is 4.90 Å². The van der Waals surface area contributed by atoms with Gasteiger partial charge in [-0.1, -0.05) is 6.92 Å². The maximum Gasteiger partial charge on any atom is 0.232 e. The fraction of sp³-hybridized carbons (Fsp3) is 0.889. The third kappa shape index (κ3) is 2.88. The van der Waals surface area contributed by atoms with Crippen LogP contribution in [0.2, 0.25) is 0 Å². The Labute approximate surface area is 84.5 Å². The fourth-order valence-corrected chi connectivity index (χ4v) is 2.12. The molecule has 1 N–H and O–H groups in total. The Morgan fingerprint density at radius 3 is 2.85 bits per heavy atom. The van der Waals surface area contributed by atoms with Crippen molar-refractivity contribution in [2.24, 2.45) is 11.8 Å². The molecule has 0 aromatic carbocycles. The number of nitrogens with zero attached hydrogens (tertiary/aromatic N) is 1. The Morgan fingerprint density at radius 2 is 2.31 bits per heavy atom. The van der Waals surface area contributed by atoms with Crippen LogP contribution in [-0.4, -0.2) is 41.4 Å². The second-order valence-electron chi connectivity index (χ2n) is 3.85. The zero-order chi connectivity index (χ0) is 9.84. The van der Waals surface area contributed by atoms with Crippen molar-refractivity contribution < 1.29 is 9.90 Å². The molecule has 0 aromatic rings. The highest BCUT2D eigenvalue weighted by Gasteiger charge is 2.26. The molecule has 0 aliphatic carbocycles. The first-order chi connectivity index (χ1) is 6.17. The average Bonchev–Trinajstić information content (AvgIpc) is 2.15. The molecule has 13 heavy (non-hydrogen) atoms. The van der Waals surface area contributed by atoms with Gasteiger partial charge in [0.15, 0.2) is 0 Å². The maximum atomic E-state index is 11.3. The fourth-order valence-electron chi connectivity index (χ4n) is 1.92. The largest absolute Gasteiger partial charge is 0.396 e. The van der Waals surface area contributed by atoms with Gasteiger partial charge in [-0.25, -0.2) is 0 Å². The molecule has 1 aliphatic rings. The number of carbonyl (C=O) groups is 1. The molecule has 0 spiro atoms. The number of hydrogen-bond acceptors (Lipinski definition) is 3. The van der Waals surface area contributed by atoms with Gasteiger partial charge in [0.25, 0.3) is 0 Å². The van der Waals surface area contributed by atoms with Crippen molar-refractivity contribution in [3.05, 3.63) is 0 Å². The molecular weight excluding hydrogens is 186 g/mol. The van der Waals surface area contributed by atoms with Crippen LogP contribution in [0.4, 0.5) is 0 Å². The smallest absolute Gasteiger partial charge is 0.232 e. The minimum Gasteiger partial charge on any atom is -0.396 e. The molecule has 0 bridgehead atoms. The van der Waals surface area contributed by atoms with Crippen molar-refractivity contribution in [1.29, 1.82) is 0 Å². The lowest BCUT2D eigenvalue weighted by molar-refractivity contribution is -0.131. The van der Waals surface area contributed by atoms with Gasteiger partial charge < -0.3 is 10.0 Å². The molecule has 1 heterocycles. The van der Waals surface area contributed by atoms with Gasteiger partial charge >= 0.3 is 0 Å². The van der Waals surface area contributed by atoms with Crippen LogP contribution in [0.3, 0.4) is 0 Å². The number of thiol groups is 1. The zero-order valence-corrected chi connectivity index (χ0v) is 8.83. The number of carbonyl (C=O) groups excluding carboxylic acids is 1. The summed E-state index contributed by atoms with van der Waals surface area (Å²) in [5, 5.41) is 9.02. The molecule has 1 fully saturated rings. The lowest BCUT2D eigenvalue weighted by Crippen LogP contribution is -2.44. The Morgan fingerprint density at radius 1 is 1.62 bits per heavy atom. The summed E-state index contributed by atoms with van der Waals surface area (Å²) >= 11 is 3.96. The number of aliphatic hydroxyl groups excluding tert-OH is 1. The Hall–Kier alpha value is -0.220. The highest BCUT2D eigenvalue weighted by atomic mass is 32.1. The summed E-state index contributed by atoms with van der Waals surface area (Å²) in [5.41, 5.74) is 0. The Bertz CT molecular complexity index is 186. The van der Waals surface area contributed by atoms with Crippen LogP contribution in [-0.2, 0) is 4.79 Å². The number of likely N-dealkylation sites (tertiary alicyclic amines) is 1. The van der Waals surface area contributed by atoms with E-state index >= 15 is 0 Å². The van der Waals surface area contributed by atoms with E-state index in [1.54, 1.807) is 0 Å². The predicted molar refractivity (Wildman–Crippen MR) is 54.8 cm³/mol. The molecular formula is C9H17NO2S.